The summed E-state index contributed by atoms with van der Waals surface area (Å²) in [6.07, 6.45) is 0. The van der Waals surface area contributed by atoms with Crippen LogP contribution in [0.25, 0.3) is 0 Å². The molecule has 0 saturated carbocycles. The Bertz CT molecular complexity index is 231. The number of amides is 1. The number of carbonyl (C=O) groups is 1. The van der Waals surface area contributed by atoms with E-state index in [1.807, 2.05) is 13.8 Å². The minimum Gasteiger partial charge on any atom is -0.378 e. The van der Waals surface area contributed by atoms with Crippen LogP contribution in [0.4, 0.5) is 0 Å². The summed E-state index contributed by atoms with van der Waals surface area (Å²) >= 11 is 0. The number of ether oxygens (including phenoxy) is 1. The first-order chi connectivity index (χ1) is 7.03. The number of nitrogens with one attached hydrogen (secondary N) is 1. The fourth-order valence-electron chi connectivity index (χ4n) is 1.83. The van der Waals surface area contributed by atoms with Crippen LogP contribution in [0.5, 0.6) is 0 Å². The maximum Gasteiger partial charge on any atom is 0.239 e. The van der Waals surface area contributed by atoms with E-state index in [1.54, 1.807) is 7.05 Å². The number of hydrogen-bond donors (Lipinski definition) is 2. The fourth-order valence-corrected chi connectivity index (χ4v) is 1.83. The zero-order valence-electron chi connectivity index (χ0n) is 9.75. The van der Waals surface area contributed by atoms with Crippen molar-refractivity contribution in [2.45, 2.75) is 25.4 Å². The lowest BCUT2D eigenvalue weighted by molar-refractivity contribution is -0.137. The molecular weight excluding hydrogens is 194 g/mol. The molecule has 15 heavy (non-hydrogen) atoms. The van der Waals surface area contributed by atoms with Crippen molar-refractivity contribution in [2.75, 3.05) is 33.4 Å². The van der Waals surface area contributed by atoms with Crippen LogP contribution < -0.4 is 11.1 Å². The van der Waals surface area contributed by atoms with E-state index >= 15 is 0 Å². The van der Waals surface area contributed by atoms with E-state index in [0.717, 1.165) is 6.54 Å². The van der Waals surface area contributed by atoms with Crippen molar-refractivity contribution in [2.24, 2.45) is 5.73 Å². The van der Waals surface area contributed by atoms with Crippen molar-refractivity contribution in [3.63, 3.8) is 0 Å². The van der Waals surface area contributed by atoms with E-state index in [9.17, 15) is 4.79 Å². The Hall–Kier alpha value is -0.650. The van der Waals surface area contributed by atoms with Gasteiger partial charge in [0.25, 0.3) is 0 Å². The van der Waals surface area contributed by atoms with Crippen LogP contribution in [-0.2, 0) is 9.53 Å². The second-order valence-corrected chi connectivity index (χ2v) is 4.41. The molecule has 1 saturated heterocycles. The summed E-state index contributed by atoms with van der Waals surface area (Å²) < 4.78 is 5.33. The zero-order valence-corrected chi connectivity index (χ0v) is 9.75. The summed E-state index contributed by atoms with van der Waals surface area (Å²) in [7, 11) is 1.64. The molecule has 0 aliphatic carbocycles. The first kappa shape index (κ1) is 12.4. The van der Waals surface area contributed by atoms with Gasteiger partial charge in [0.05, 0.1) is 13.2 Å². The van der Waals surface area contributed by atoms with Crippen molar-refractivity contribution < 1.29 is 9.53 Å². The first-order valence-electron chi connectivity index (χ1n) is 5.29. The minimum atomic E-state index is -0.220. The molecule has 1 fully saturated rings. The van der Waals surface area contributed by atoms with Gasteiger partial charge in [0.2, 0.25) is 5.91 Å². The van der Waals surface area contributed by atoms with Gasteiger partial charge in [0.15, 0.2) is 0 Å². The monoisotopic (exact) mass is 215 g/mol. The smallest absolute Gasteiger partial charge is 0.239 e. The Morgan fingerprint density at radius 2 is 2.33 bits per heavy atom. The van der Waals surface area contributed by atoms with Gasteiger partial charge in [-0.1, -0.05) is 0 Å². The third kappa shape index (κ3) is 2.68. The molecule has 1 aliphatic rings. The highest BCUT2D eigenvalue weighted by atomic mass is 16.5. The van der Waals surface area contributed by atoms with E-state index in [2.05, 4.69) is 10.2 Å². The van der Waals surface area contributed by atoms with Gasteiger partial charge in [-0.2, -0.15) is 0 Å². The molecule has 1 unspecified atom stereocenters. The molecule has 0 aromatic heterocycles. The van der Waals surface area contributed by atoms with Crippen LogP contribution in [0.3, 0.4) is 0 Å². The number of likely N-dealkylation sites (N-methyl/N-ethyl adjacent to an activating group) is 1. The number of rotatable bonds is 3. The van der Waals surface area contributed by atoms with Gasteiger partial charge >= 0.3 is 0 Å². The molecule has 0 aromatic carbocycles. The molecule has 1 heterocycles. The van der Waals surface area contributed by atoms with Gasteiger partial charge in [-0.05, 0) is 13.8 Å². The largest absolute Gasteiger partial charge is 0.378 e. The second-order valence-electron chi connectivity index (χ2n) is 4.41. The number of carbonyl (C=O) groups excluding carboxylic acids is 1. The Morgan fingerprint density at radius 3 is 2.87 bits per heavy atom. The number of nitrogens with two attached hydrogens (primary N) is 1. The van der Waals surface area contributed by atoms with Crippen LogP contribution in [0.2, 0.25) is 0 Å². The molecule has 5 nitrogen and oxygen atoms in total. The second kappa shape index (κ2) is 4.92. The van der Waals surface area contributed by atoms with E-state index in [-0.39, 0.29) is 17.5 Å². The number of hydrogen-bond acceptors (Lipinski definition) is 4. The molecule has 0 aromatic rings. The van der Waals surface area contributed by atoms with Crippen LogP contribution in [0.1, 0.15) is 13.8 Å². The number of nitrogens with zero attached hydrogens (tertiary/aromatic N) is 1. The summed E-state index contributed by atoms with van der Waals surface area (Å²) in [6.45, 7) is 6.49. The quantitative estimate of drug-likeness (QED) is 0.645. The predicted molar refractivity (Wildman–Crippen MR) is 58.5 cm³/mol. The maximum atomic E-state index is 11.7. The molecule has 1 amide bonds. The molecule has 0 radical (unpaired) electrons. The Morgan fingerprint density at radius 1 is 1.67 bits per heavy atom. The number of morpholine rings is 1. The highest BCUT2D eigenvalue weighted by Crippen LogP contribution is 2.19. The summed E-state index contributed by atoms with van der Waals surface area (Å²) in [5.41, 5.74) is 5.56. The third-order valence-electron chi connectivity index (χ3n) is 2.95. The lowest BCUT2D eigenvalue weighted by Crippen LogP contribution is -2.62. The normalized spacial score (nSPS) is 23.9. The van der Waals surface area contributed by atoms with Crippen molar-refractivity contribution in [1.29, 1.82) is 0 Å². The van der Waals surface area contributed by atoms with Crippen LogP contribution in [0.15, 0.2) is 0 Å². The average Bonchev–Trinajstić information content (AvgIpc) is 2.28. The van der Waals surface area contributed by atoms with E-state index < -0.39 is 0 Å². The van der Waals surface area contributed by atoms with Gasteiger partial charge in [-0.25, -0.2) is 0 Å². The molecule has 1 rings (SSSR count). The highest BCUT2D eigenvalue weighted by molar-refractivity contribution is 5.81. The van der Waals surface area contributed by atoms with Gasteiger partial charge in [-0.15, -0.1) is 0 Å². The summed E-state index contributed by atoms with van der Waals surface area (Å²) in [5, 5.41) is 2.66. The van der Waals surface area contributed by atoms with Gasteiger partial charge < -0.3 is 15.8 Å². The molecule has 0 spiro atoms. The Balaban J connectivity index is 2.78. The zero-order chi connectivity index (χ0) is 11.5. The average molecular weight is 215 g/mol. The van der Waals surface area contributed by atoms with Crippen molar-refractivity contribution in [3.05, 3.63) is 0 Å². The SMILES string of the molecule is CNC(=O)C1COCCN1C(C)(C)CN. The summed E-state index contributed by atoms with van der Waals surface area (Å²) in [5.74, 6) is -0.00350. The van der Waals surface area contributed by atoms with E-state index in [4.69, 9.17) is 10.5 Å². The van der Waals surface area contributed by atoms with Crippen molar-refractivity contribution in [3.8, 4) is 0 Å². The molecule has 5 heteroatoms. The van der Waals surface area contributed by atoms with Crippen molar-refractivity contribution in [1.82, 2.24) is 10.2 Å². The molecule has 3 N–H and O–H groups in total. The highest BCUT2D eigenvalue weighted by Gasteiger charge is 2.37. The molecule has 88 valence electrons. The van der Waals surface area contributed by atoms with E-state index in [0.29, 0.717) is 19.8 Å². The Kier molecular flexibility index (Phi) is 4.07. The standard InChI is InChI=1S/C10H21N3O2/c1-10(2,7-11)13-4-5-15-6-8(13)9(14)12-3/h8H,4-7,11H2,1-3H3,(H,12,14). The van der Waals surface area contributed by atoms with Gasteiger partial charge in [-0.3, -0.25) is 9.69 Å². The minimum absolute atomic E-state index is 0.00350. The lowest BCUT2D eigenvalue weighted by Gasteiger charge is -2.44. The van der Waals surface area contributed by atoms with Gasteiger partial charge in [0, 0.05) is 25.7 Å². The van der Waals surface area contributed by atoms with Crippen LogP contribution in [0, 0.1) is 0 Å². The molecular formula is C10H21N3O2. The van der Waals surface area contributed by atoms with E-state index in [1.165, 1.54) is 0 Å². The van der Waals surface area contributed by atoms with Crippen LogP contribution in [-0.4, -0.2) is 55.7 Å². The predicted octanol–water partition coefficient (Wildman–Crippen LogP) is -0.829. The van der Waals surface area contributed by atoms with Crippen molar-refractivity contribution >= 4 is 5.91 Å². The summed E-state index contributed by atoms with van der Waals surface area (Å²) in [6, 6.07) is -0.220. The summed E-state index contributed by atoms with van der Waals surface area (Å²) in [4.78, 5) is 13.8. The first-order valence-corrected chi connectivity index (χ1v) is 5.29. The van der Waals surface area contributed by atoms with Crippen LogP contribution >= 0.6 is 0 Å². The third-order valence-corrected chi connectivity index (χ3v) is 2.95. The molecule has 1 aliphatic heterocycles. The lowest BCUT2D eigenvalue weighted by atomic mass is 9.99. The molecule has 0 bridgehead atoms. The maximum absolute atomic E-state index is 11.7. The molecule has 1 atom stereocenters. The fraction of sp³-hybridized carbons (Fsp3) is 0.900. The Labute approximate surface area is 90.9 Å². The topological polar surface area (TPSA) is 67.6 Å². The van der Waals surface area contributed by atoms with Gasteiger partial charge in [0.1, 0.15) is 6.04 Å².